The van der Waals surface area contributed by atoms with Gasteiger partial charge in [-0.05, 0) is 31.2 Å². The van der Waals surface area contributed by atoms with E-state index in [9.17, 15) is 14.7 Å². The molecule has 1 amide bonds. The molecule has 2 unspecified atom stereocenters. The predicted octanol–water partition coefficient (Wildman–Crippen LogP) is 1.36. The van der Waals surface area contributed by atoms with Crippen molar-refractivity contribution in [2.75, 3.05) is 5.75 Å². The Bertz CT molecular complexity index is 582. The standard InChI is InChI=1S/C14H19N3O3S/c1-3-9-6-10(16(2)15-9)12(18)17-11(14(19)20)7-21-13(17)8-4-5-8/h6,8,11,13H,3-5,7H2,1-2H3,(H,19,20). The van der Waals surface area contributed by atoms with Crippen LogP contribution >= 0.6 is 11.8 Å². The van der Waals surface area contributed by atoms with Crippen LogP contribution in [-0.4, -0.2) is 48.8 Å². The predicted molar refractivity (Wildman–Crippen MR) is 79.1 cm³/mol. The zero-order chi connectivity index (χ0) is 15.1. The Morgan fingerprint density at radius 1 is 1.48 bits per heavy atom. The summed E-state index contributed by atoms with van der Waals surface area (Å²) in [5, 5.41) is 13.7. The minimum absolute atomic E-state index is 0.00132. The molecule has 7 heteroatoms. The summed E-state index contributed by atoms with van der Waals surface area (Å²) in [6.45, 7) is 1.98. The summed E-state index contributed by atoms with van der Waals surface area (Å²) in [6, 6.07) is 1.04. The maximum absolute atomic E-state index is 12.8. The smallest absolute Gasteiger partial charge is 0.327 e. The number of aromatic nitrogens is 2. The zero-order valence-electron chi connectivity index (χ0n) is 12.2. The summed E-state index contributed by atoms with van der Waals surface area (Å²) in [7, 11) is 1.73. The van der Waals surface area contributed by atoms with Gasteiger partial charge >= 0.3 is 5.97 Å². The largest absolute Gasteiger partial charge is 0.480 e. The van der Waals surface area contributed by atoms with Crippen LogP contribution < -0.4 is 0 Å². The number of nitrogens with zero attached hydrogens (tertiary/aromatic N) is 3. The summed E-state index contributed by atoms with van der Waals surface area (Å²) >= 11 is 1.59. The van der Waals surface area contributed by atoms with Crippen LogP contribution in [-0.2, 0) is 18.3 Å². The normalized spacial score (nSPS) is 25.3. The van der Waals surface area contributed by atoms with Gasteiger partial charge in [-0.3, -0.25) is 9.48 Å². The first kappa shape index (κ1) is 14.4. The lowest BCUT2D eigenvalue weighted by atomic mass is 10.2. The molecule has 2 fully saturated rings. The Morgan fingerprint density at radius 2 is 2.19 bits per heavy atom. The molecule has 2 aliphatic rings. The van der Waals surface area contributed by atoms with Crippen LogP contribution in [0.1, 0.15) is 35.9 Å². The molecule has 0 spiro atoms. The number of carboxylic acids is 1. The van der Waals surface area contributed by atoms with E-state index >= 15 is 0 Å². The molecule has 2 atom stereocenters. The van der Waals surface area contributed by atoms with Crippen LogP contribution in [0.25, 0.3) is 0 Å². The highest BCUT2D eigenvalue weighted by Crippen LogP contribution is 2.45. The van der Waals surface area contributed by atoms with Crippen molar-refractivity contribution < 1.29 is 14.7 Å². The highest BCUT2D eigenvalue weighted by Gasteiger charge is 2.48. The van der Waals surface area contributed by atoms with E-state index in [2.05, 4.69) is 5.10 Å². The van der Waals surface area contributed by atoms with Gasteiger partial charge in [0.25, 0.3) is 5.91 Å². The first-order valence-corrected chi connectivity index (χ1v) is 8.27. The molecule has 2 heterocycles. The molecule has 1 aliphatic carbocycles. The molecule has 1 aliphatic heterocycles. The lowest BCUT2D eigenvalue weighted by Gasteiger charge is -2.27. The fraction of sp³-hybridized carbons (Fsp3) is 0.643. The van der Waals surface area contributed by atoms with Crippen molar-refractivity contribution in [3.8, 4) is 0 Å². The van der Waals surface area contributed by atoms with E-state index in [0.29, 0.717) is 17.4 Å². The van der Waals surface area contributed by atoms with Crippen molar-refractivity contribution in [2.24, 2.45) is 13.0 Å². The third-order valence-electron chi connectivity index (χ3n) is 4.09. The van der Waals surface area contributed by atoms with Crippen molar-refractivity contribution in [3.63, 3.8) is 0 Å². The van der Waals surface area contributed by atoms with Crippen LogP contribution in [0.4, 0.5) is 0 Å². The molecule has 6 nitrogen and oxygen atoms in total. The third-order valence-corrected chi connectivity index (χ3v) is 5.55. The number of rotatable bonds is 4. The van der Waals surface area contributed by atoms with Crippen molar-refractivity contribution in [1.82, 2.24) is 14.7 Å². The van der Waals surface area contributed by atoms with Crippen LogP contribution in [0.5, 0.6) is 0 Å². The third kappa shape index (κ3) is 2.54. The Morgan fingerprint density at radius 3 is 2.71 bits per heavy atom. The van der Waals surface area contributed by atoms with Gasteiger partial charge in [-0.25, -0.2) is 4.79 Å². The lowest BCUT2D eigenvalue weighted by Crippen LogP contribution is -2.46. The Kier molecular flexibility index (Phi) is 3.69. The Labute approximate surface area is 127 Å². The fourth-order valence-corrected chi connectivity index (χ4v) is 4.38. The average molecular weight is 309 g/mol. The van der Waals surface area contributed by atoms with E-state index in [1.54, 1.807) is 34.5 Å². The Balaban J connectivity index is 1.91. The summed E-state index contributed by atoms with van der Waals surface area (Å²) in [5.41, 5.74) is 1.33. The quantitative estimate of drug-likeness (QED) is 0.909. The minimum atomic E-state index is -0.920. The van der Waals surface area contributed by atoms with Crippen LogP contribution in [0, 0.1) is 5.92 Å². The number of thioether (sulfide) groups is 1. The number of carbonyl (C=O) groups is 2. The zero-order valence-corrected chi connectivity index (χ0v) is 13.0. The topological polar surface area (TPSA) is 75.4 Å². The molecule has 1 saturated heterocycles. The van der Waals surface area contributed by atoms with Gasteiger partial charge in [0.05, 0.1) is 11.1 Å². The van der Waals surface area contributed by atoms with Gasteiger partial charge in [-0.2, -0.15) is 5.10 Å². The molecular weight excluding hydrogens is 290 g/mol. The number of carbonyl (C=O) groups excluding carboxylic acids is 1. The van der Waals surface area contributed by atoms with Crippen LogP contribution in [0.2, 0.25) is 0 Å². The molecule has 0 bridgehead atoms. The van der Waals surface area contributed by atoms with E-state index in [0.717, 1.165) is 25.0 Å². The molecule has 1 aromatic rings. The highest BCUT2D eigenvalue weighted by molar-refractivity contribution is 8.00. The second-order valence-electron chi connectivity index (χ2n) is 5.63. The van der Waals surface area contributed by atoms with Crippen molar-refractivity contribution in [3.05, 3.63) is 17.5 Å². The molecule has 114 valence electrons. The molecule has 0 aromatic carbocycles. The highest BCUT2D eigenvalue weighted by atomic mass is 32.2. The van der Waals surface area contributed by atoms with Gasteiger partial charge in [0.15, 0.2) is 0 Å². The number of aryl methyl sites for hydroxylation is 2. The van der Waals surface area contributed by atoms with Gasteiger partial charge in [0.1, 0.15) is 11.7 Å². The molecule has 1 aromatic heterocycles. The second-order valence-corrected chi connectivity index (χ2v) is 6.78. The second kappa shape index (κ2) is 5.36. The first-order chi connectivity index (χ1) is 10.0. The van der Waals surface area contributed by atoms with Gasteiger partial charge in [0, 0.05) is 12.8 Å². The summed E-state index contributed by atoms with van der Waals surface area (Å²) in [6.07, 6.45) is 2.92. The van der Waals surface area contributed by atoms with E-state index < -0.39 is 12.0 Å². The minimum Gasteiger partial charge on any atom is -0.480 e. The van der Waals surface area contributed by atoms with Crippen molar-refractivity contribution in [1.29, 1.82) is 0 Å². The molecule has 1 saturated carbocycles. The number of carboxylic acid groups (broad SMARTS) is 1. The van der Waals surface area contributed by atoms with Crippen LogP contribution in [0.15, 0.2) is 6.07 Å². The van der Waals surface area contributed by atoms with Gasteiger partial charge in [-0.15, -0.1) is 11.8 Å². The van der Waals surface area contributed by atoms with Gasteiger partial charge < -0.3 is 10.0 Å². The number of aliphatic carboxylic acids is 1. The summed E-state index contributed by atoms with van der Waals surface area (Å²) in [4.78, 5) is 25.9. The lowest BCUT2D eigenvalue weighted by molar-refractivity contribution is -0.141. The maximum Gasteiger partial charge on any atom is 0.327 e. The molecule has 1 N–H and O–H groups in total. The van der Waals surface area contributed by atoms with Crippen molar-refractivity contribution in [2.45, 2.75) is 37.6 Å². The van der Waals surface area contributed by atoms with Crippen molar-refractivity contribution >= 4 is 23.6 Å². The number of hydrogen-bond acceptors (Lipinski definition) is 4. The van der Waals surface area contributed by atoms with Gasteiger partial charge in [0.2, 0.25) is 0 Å². The monoisotopic (exact) mass is 309 g/mol. The van der Waals surface area contributed by atoms with E-state index in [1.807, 2.05) is 6.92 Å². The average Bonchev–Trinajstić information content (AvgIpc) is 3.08. The molecule has 0 radical (unpaired) electrons. The number of hydrogen-bond donors (Lipinski definition) is 1. The molecule has 3 rings (SSSR count). The van der Waals surface area contributed by atoms with E-state index in [4.69, 9.17) is 0 Å². The van der Waals surface area contributed by atoms with E-state index in [1.165, 1.54) is 0 Å². The Hall–Kier alpha value is -1.50. The van der Waals surface area contributed by atoms with Crippen LogP contribution in [0.3, 0.4) is 0 Å². The van der Waals surface area contributed by atoms with Gasteiger partial charge in [-0.1, -0.05) is 6.92 Å². The molecule has 21 heavy (non-hydrogen) atoms. The fourth-order valence-electron chi connectivity index (χ4n) is 2.75. The molecular formula is C14H19N3O3S. The summed E-state index contributed by atoms with van der Waals surface area (Å²) < 4.78 is 1.56. The van der Waals surface area contributed by atoms with E-state index in [-0.39, 0.29) is 11.3 Å². The first-order valence-electron chi connectivity index (χ1n) is 7.23. The maximum atomic E-state index is 12.8. The summed E-state index contributed by atoms with van der Waals surface area (Å²) in [5.74, 6) is -0.209. The number of amides is 1. The SMILES string of the molecule is CCc1cc(C(=O)N2C(C(=O)O)CSC2C2CC2)n(C)n1.